The van der Waals surface area contributed by atoms with Crippen molar-refractivity contribution < 1.29 is 4.74 Å². The van der Waals surface area contributed by atoms with Gasteiger partial charge >= 0.3 is 0 Å². The van der Waals surface area contributed by atoms with Crippen LogP contribution in [0.3, 0.4) is 0 Å². The van der Waals surface area contributed by atoms with Gasteiger partial charge < -0.3 is 10.1 Å². The number of nitrogens with one attached hydrogen (secondary N) is 1. The minimum atomic E-state index is 0.251. The van der Waals surface area contributed by atoms with Crippen molar-refractivity contribution in [2.45, 2.75) is 44.7 Å². The number of ether oxygens (including phenoxy) is 1. The topological polar surface area (TPSA) is 24.5 Å². The second-order valence-electron chi connectivity index (χ2n) is 5.77. The molecule has 0 aromatic rings. The molecule has 2 aliphatic rings. The van der Waals surface area contributed by atoms with E-state index in [1.807, 2.05) is 0 Å². The normalized spacial score (nSPS) is 25.7. The summed E-state index contributed by atoms with van der Waals surface area (Å²) in [5.41, 5.74) is 0.251. The van der Waals surface area contributed by atoms with Crippen molar-refractivity contribution in [3.8, 4) is 0 Å². The first kappa shape index (κ1) is 12.3. The monoisotopic (exact) mass is 226 g/mol. The fraction of sp³-hybridized carbons (Fsp3) is 1.00. The maximum atomic E-state index is 5.44. The molecular formula is C13H26N2O. The molecule has 3 nitrogen and oxygen atoms in total. The third kappa shape index (κ3) is 2.76. The maximum Gasteiger partial charge on any atom is 0.0594 e. The van der Waals surface area contributed by atoms with Crippen LogP contribution in [0.4, 0.5) is 0 Å². The van der Waals surface area contributed by atoms with Gasteiger partial charge in [-0.1, -0.05) is 12.8 Å². The Hall–Kier alpha value is -0.120. The highest BCUT2D eigenvalue weighted by molar-refractivity contribution is 4.96. The van der Waals surface area contributed by atoms with Crippen molar-refractivity contribution in [1.82, 2.24) is 10.2 Å². The average molecular weight is 226 g/mol. The van der Waals surface area contributed by atoms with Crippen LogP contribution in [0.1, 0.15) is 33.1 Å². The maximum absolute atomic E-state index is 5.44. The summed E-state index contributed by atoms with van der Waals surface area (Å²) in [5, 5.41) is 3.53. The van der Waals surface area contributed by atoms with E-state index in [1.165, 1.54) is 19.3 Å². The van der Waals surface area contributed by atoms with Crippen molar-refractivity contribution in [3.63, 3.8) is 0 Å². The van der Waals surface area contributed by atoms with Gasteiger partial charge in [0.15, 0.2) is 0 Å². The highest BCUT2D eigenvalue weighted by Crippen LogP contribution is 2.36. The van der Waals surface area contributed by atoms with Gasteiger partial charge in [0.1, 0.15) is 0 Å². The molecule has 0 aromatic carbocycles. The molecule has 1 atom stereocenters. The summed E-state index contributed by atoms with van der Waals surface area (Å²) in [6.07, 6.45) is 4.22. The molecule has 3 heteroatoms. The van der Waals surface area contributed by atoms with Crippen LogP contribution in [0.25, 0.3) is 0 Å². The Morgan fingerprint density at radius 3 is 2.44 bits per heavy atom. The molecule has 2 rings (SSSR count). The lowest BCUT2D eigenvalue weighted by molar-refractivity contribution is -0.0240. The number of morpholine rings is 1. The molecule has 1 saturated heterocycles. The SMILES string of the molecule is CNC(CC1CC1)C(C)(C)N1CCOCC1. The standard InChI is InChI=1S/C13H26N2O/c1-13(2,15-6-8-16-9-7-15)12(14-3)10-11-4-5-11/h11-12,14H,4-10H2,1-3H3. The summed E-state index contributed by atoms with van der Waals surface area (Å²) in [7, 11) is 2.11. The fourth-order valence-corrected chi connectivity index (χ4v) is 2.81. The first-order valence-electron chi connectivity index (χ1n) is 6.64. The van der Waals surface area contributed by atoms with Gasteiger partial charge in [-0.25, -0.2) is 0 Å². The van der Waals surface area contributed by atoms with Gasteiger partial charge in [0, 0.05) is 24.7 Å². The molecule has 0 bridgehead atoms. The molecule has 1 unspecified atom stereocenters. The van der Waals surface area contributed by atoms with Gasteiger partial charge in [-0.3, -0.25) is 4.90 Å². The van der Waals surface area contributed by atoms with E-state index in [0.29, 0.717) is 6.04 Å². The molecule has 0 amide bonds. The highest BCUT2D eigenvalue weighted by atomic mass is 16.5. The number of hydrogen-bond donors (Lipinski definition) is 1. The molecule has 94 valence electrons. The van der Waals surface area contributed by atoms with Crippen molar-refractivity contribution in [2.24, 2.45) is 5.92 Å². The van der Waals surface area contributed by atoms with Gasteiger partial charge in [-0.2, -0.15) is 0 Å². The fourth-order valence-electron chi connectivity index (χ4n) is 2.81. The zero-order chi connectivity index (χ0) is 11.6. The van der Waals surface area contributed by atoms with Gasteiger partial charge in [-0.15, -0.1) is 0 Å². The van der Waals surface area contributed by atoms with Gasteiger partial charge in [0.2, 0.25) is 0 Å². The highest BCUT2D eigenvalue weighted by Gasteiger charge is 2.38. The molecule has 2 fully saturated rings. The van der Waals surface area contributed by atoms with Crippen LogP contribution in [-0.4, -0.2) is 49.8 Å². The zero-order valence-electron chi connectivity index (χ0n) is 11.0. The Kier molecular flexibility index (Phi) is 3.88. The summed E-state index contributed by atoms with van der Waals surface area (Å²) >= 11 is 0. The van der Waals surface area contributed by atoms with E-state index in [-0.39, 0.29) is 5.54 Å². The Morgan fingerprint density at radius 1 is 1.31 bits per heavy atom. The molecule has 0 radical (unpaired) electrons. The predicted octanol–water partition coefficient (Wildman–Crippen LogP) is 1.49. The molecule has 1 heterocycles. The summed E-state index contributed by atoms with van der Waals surface area (Å²) < 4.78 is 5.44. The van der Waals surface area contributed by atoms with Crippen LogP contribution < -0.4 is 5.32 Å². The van der Waals surface area contributed by atoms with Crippen LogP contribution in [0, 0.1) is 5.92 Å². The smallest absolute Gasteiger partial charge is 0.0594 e. The van der Waals surface area contributed by atoms with Crippen LogP contribution in [0.5, 0.6) is 0 Å². The van der Waals surface area contributed by atoms with Gasteiger partial charge in [-0.05, 0) is 33.2 Å². The molecule has 1 N–H and O–H groups in total. The minimum absolute atomic E-state index is 0.251. The average Bonchev–Trinajstić information content (AvgIpc) is 3.10. The van der Waals surface area contributed by atoms with Gasteiger partial charge in [0.25, 0.3) is 0 Å². The number of rotatable bonds is 5. The summed E-state index contributed by atoms with van der Waals surface area (Å²) in [6, 6.07) is 0.609. The quantitative estimate of drug-likeness (QED) is 0.768. The number of likely N-dealkylation sites (N-methyl/N-ethyl adjacent to an activating group) is 1. The molecule has 1 aliphatic carbocycles. The van der Waals surface area contributed by atoms with Crippen molar-refractivity contribution >= 4 is 0 Å². The van der Waals surface area contributed by atoms with E-state index in [4.69, 9.17) is 4.74 Å². The lowest BCUT2D eigenvalue weighted by atomic mass is 9.88. The molecule has 1 saturated carbocycles. The third-order valence-electron chi connectivity index (χ3n) is 4.29. The largest absolute Gasteiger partial charge is 0.379 e. The molecule has 0 spiro atoms. The van der Waals surface area contributed by atoms with Crippen molar-refractivity contribution in [3.05, 3.63) is 0 Å². The minimum Gasteiger partial charge on any atom is -0.379 e. The number of nitrogens with zero attached hydrogens (tertiary/aromatic N) is 1. The molecule has 0 aromatic heterocycles. The van der Waals surface area contributed by atoms with E-state index in [1.54, 1.807) is 0 Å². The summed E-state index contributed by atoms with van der Waals surface area (Å²) in [6.45, 7) is 8.70. The van der Waals surface area contributed by atoms with E-state index in [9.17, 15) is 0 Å². The lowest BCUT2D eigenvalue weighted by Gasteiger charge is -2.46. The second kappa shape index (κ2) is 5.03. The Balaban J connectivity index is 1.95. The van der Waals surface area contributed by atoms with Gasteiger partial charge in [0.05, 0.1) is 13.2 Å². The number of hydrogen-bond acceptors (Lipinski definition) is 3. The molecule has 1 aliphatic heterocycles. The van der Waals surface area contributed by atoms with Crippen molar-refractivity contribution in [2.75, 3.05) is 33.4 Å². The Morgan fingerprint density at radius 2 is 1.94 bits per heavy atom. The molecular weight excluding hydrogens is 200 g/mol. The zero-order valence-corrected chi connectivity index (χ0v) is 11.0. The molecule has 16 heavy (non-hydrogen) atoms. The van der Waals surface area contributed by atoms with Crippen molar-refractivity contribution in [1.29, 1.82) is 0 Å². The van der Waals surface area contributed by atoms with E-state index >= 15 is 0 Å². The first-order valence-corrected chi connectivity index (χ1v) is 6.64. The predicted molar refractivity (Wildman–Crippen MR) is 66.7 cm³/mol. The lowest BCUT2D eigenvalue weighted by Crippen LogP contribution is -2.59. The summed E-state index contributed by atoms with van der Waals surface area (Å²) in [5.74, 6) is 0.984. The third-order valence-corrected chi connectivity index (χ3v) is 4.29. The van der Waals surface area contributed by atoms with Crippen LogP contribution in [-0.2, 0) is 4.74 Å². The summed E-state index contributed by atoms with van der Waals surface area (Å²) in [4.78, 5) is 2.58. The van der Waals surface area contributed by atoms with E-state index < -0.39 is 0 Å². The first-order chi connectivity index (χ1) is 7.64. The van der Waals surface area contributed by atoms with Crippen LogP contribution in [0.15, 0.2) is 0 Å². The Labute approximate surface area is 99.5 Å². The van der Waals surface area contributed by atoms with Crippen LogP contribution in [0.2, 0.25) is 0 Å². The Bertz CT molecular complexity index is 220. The van der Waals surface area contributed by atoms with E-state index in [2.05, 4.69) is 31.1 Å². The second-order valence-corrected chi connectivity index (χ2v) is 5.77. The van der Waals surface area contributed by atoms with E-state index in [0.717, 1.165) is 32.2 Å². The van der Waals surface area contributed by atoms with Crippen LogP contribution >= 0.6 is 0 Å².